The molecule has 0 bridgehead atoms. The molecule has 0 aromatic heterocycles. The first kappa shape index (κ1) is 15.6. The SMILES string of the molecule is COCCC(N)C(=O)NC(C)Cc1ccc(F)cc1. The zero-order valence-electron chi connectivity index (χ0n) is 11.4. The van der Waals surface area contributed by atoms with Crippen LogP contribution in [0.2, 0.25) is 0 Å². The van der Waals surface area contributed by atoms with E-state index in [2.05, 4.69) is 5.32 Å². The normalized spacial score (nSPS) is 13.9. The van der Waals surface area contributed by atoms with Crippen molar-refractivity contribution in [2.45, 2.75) is 31.8 Å². The van der Waals surface area contributed by atoms with E-state index in [0.29, 0.717) is 19.4 Å². The van der Waals surface area contributed by atoms with E-state index < -0.39 is 6.04 Å². The van der Waals surface area contributed by atoms with Crippen LogP contribution in [0.5, 0.6) is 0 Å². The molecule has 4 nitrogen and oxygen atoms in total. The minimum atomic E-state index is -0.560. The maximum absolute atomic E-state index is 12.8. The monoisotopic (exact) mass is 268 g/mol. The van der Waals surface area contributed by atoms with Crippen LogP contribution in [0.4, 0.5) is 4.39 Å². The molecule has 0 aliphatic heterocycles. The topological polar surface area (TPSA) is 64.3 Å². The van der Waals surface area contributed by atoms with E-state index in [1.807, 2.05) is 6.92 Å². The molecule has 1 aromatic carbocycles. The Morgan fingerprint density at radius 3 is 2.63 bits per heavy atom. The largest absolute Gasteiger partial charge is 0.385 e. The van der Waals surface area contributed by atoms with Gasteiger partial charge in [0, 0.05) is 19.8 Å². The van der Waals surface area contributed by atoms with Crippen molar-refractivity contribution in [2.75, 3.05) is 13.7 Å². The van der Waals surface area contributed by atoms with Crippen LogP contribution in [0.15, 0.2) is 24.3 Å². The molecule has 0 spiro atoms. The van der Waals surface area contributed by atoms with Gasteiger partial charge in [-0.3, -0.25) is 4.79 Å². The Kier molecular flexibility index (Phi) is 6.45. The first-order valence-corrected chi connectivity index (χ1v) is 6.32. The standard InChI is InChI=1S/C14H21FN2O2/c1-10(9-11-3-5-12(15)6-4-11)17-14(18)13(16)7-8-19-2/h3-6,10,13H,7-9,16H2,1-2H3,(H,17,18). The number of hydrogen-bond donors (Lipinski definition) is 2. The van der Waals surface area contributed by atoms with Gasteiger partial charge < -0.3 is 15.8 Å². The highest BCUT2D eigenvalue weighted by Crippen LogP contribution is 2.06. The second kappa shape index (κ2) is 7.86. The minimum absolute atomic E-state index is 0.0495. The fourth-order valence-electron chi connectivity index (χ4n) is 1.75. The lowest BCUT2D eigenvalue weighted by atomic mass is 10.1. The van der Waals surface area contributed by atoms with E-state index in [9.17, 15) is 9.18 Å². The van der Waals surface area contributed by atoms with Gasteiger partial charge in [0.2, 0.25) is 5.91 Å². The second-order valence-electron chi connectivity index (χ2n) is 4.63. The average molecular weight is 268 g/mol. The van der Waals surface area contributed by atoms with Crippen molar-refractivity contribution in [3.05, 3.63) is 35.6 Å². The maximum Gasteiger partial charge on any atom is 0.237 e. The summed E-state index contributed by atoms with van der Waals surface area (Å²) in [7, 11) is 1.57. The Morgan fingerprint density at radius 1 is 1.42 bits per heavy atom. The third kappa shape index (κ3) is 5.81. The summed E-state index contributed by atoms with van der Waals surface area (Å²) in [5.41, 5.74) is 6.70. The first-order valence-electron chi connectivity index (χ1n) is 6.32. The average Bonchev–Trinajstić information content (AvgIpc) is 2.38. The van der Waals surface area contributed by atoms with Gasteiger partial charge >= 0.3 is 0 Å². The molecule has 0 aliphatic rings. The van der Waals surface area contributed by atoms with Crippen molar-refractivity contribution in [3.63, 3.8) is 0 Å². The zero-order valence-corrected chi connectivity index (χ0v) is 11.4. The number of amides is 1. The third-order valence-electron chi connectivity index (χ3n) is 2.81. The van der Waals surface area contributed by atoms with E-state index in [1.54, 1.807) is 19.2 Å². The van der Waals surface area contributed by atoms with E-state index in [1.165, 1.54) is 12.1 Å². The fraction of sp³-hybridized carbons (Fsp3) is 0.500. The number of nitrogens with two attached hydrogens (primary N) is 1. The summed E-state index contributed by atoms with van der Waals surface area (Å²) < 4.78 is 17.6. The number of rotatable bonds is 7. The predicted octanol–water partition coefficient (Wildman–Crippen LogP) is 1.24. The number of carbonyl (C=O) groups excluding carboxylic acids is 1. The number of carbonyl (C=O) groups is 1. The van der Waals surface area contributed by atoms with Crippen LogP contribution < -0.4 is 11.1 Å². The Labute approximate surface area is 113 Å². The van der Waals surface area contributed by atoms with Crippen molar-refractivity contribution in [1.82, 2.24) is 5.32 Å². The van der Waals surface area contributed by atoms with Gasteiger partial charge in [-0.1, -0.05) is 12.1 Å². The molecule has 0 radical (unpaired) electrons. The molecule has 1 amide bonds. The molecule has 0 saturated carbocycles. The molecular formula is C14H21FN2O2. The Bertz CT molecular complexity index is 395. The summed E-state index contributed by atoms with van der Waals surface area (Å²) in [5.74, 6) is -0.450. The van der Waals surface area contributed by atoms with Gasteiger partial charge in [-0.25, -0.2) is 4.39 Å². The lowest BCUT2D eigenvalue weighted by Gasteiger charge is -2.17. The predicted molar refractivity (Wildman–Crippen MR) is 72.2 cm³/mol. The number of ether oxygens (including phenoxy) is 1. The quantitative estimate of drug-likeness (QED) is 0.782. The number of halogens is 1. The number of benzene rings is 1. The molecule has 1 rings (SSSR count). The molecule has 0 fully saturated rings. The van der Waals surface area contributed by atoms with Gasteiger partial charge in [0.05, 0.1) is 6.04 Å². The summed E-state index contributed by atoms with van der Waals surface area (Å²) >= 11 is 0. The minimum Gasteiger partial charge on any atom is -0.385 e. The van der Waals surface area contributed by atoms with Crippen LogP contribution in [0.3, 0.4) is 0 Å². The van der Waals surface area contributed by atoms with Crippen LogP contribution in [0.25, 0.3) is 0 Å². The molecule has 0 saturated heterocycles. The van der Waals surface area contributed by atoms with Crippen LogP contribution >= 0.6 is 0 Å². The van der Waals surface area contributed by atoms with Gasteiger partial charge in [0.15, 0.2) is 0 Å². The van der Waals surface area contributed by atoms with E-state index >= 15 is 0 Å². The van der Waals surface area contributed by atoms with Crippen LogP contribution in [0.1, 0.15) is 18.9 Å². The molecule has 0 heterocycles. The van der Waals surface area contributed by atoms with Gasteiger partial charge in [0.1, 0.15) is 5.82 Å². The summed E-state index contributed by atoms with van der Waals surface area (Å²) in [6.45, 7) is 2.35. The van der Waals surface area contributed by atoms with Gasteiger partial charge in [0.25, 0.3) is 0 Å². The highest BCUT2D eigenvalue weighted by molar-refractivity contribution is 5.81. The van der Waals surface area contributed by atoms with E-state index in [4.69, 9.17) is 10.5 Å². The Hall–Kier alpha value is -1.46. The molecule has 1 aromatic rings. The summed E-state index contributed by atoms with van der Waals surface area (Å²) in [4.78, 5) is 11.8. The van der Waals surface area contributed by atoms with Crippen LogP contribution in [0, 0.1) is 5.82 Å². The second-order valence-corrected chi connectivity index (χ2v) is 4.63. The molecule has 0 aliphatic carbocycles. The van der Waals surface area contributed by atoms with Crippen molar-refractivity contribution < 1.29 is 13.9 Å². The summed E-state index contributed by atoms with van der Waals surface area (Å²) in [6, 6.07) is 5.64. The molecule has 5 heteroatoms. The smallest absolute Gasteiger partial charge is 0.237 e. The third-order valence-corrected chi connectivity index (χ3v) is 2.81. The maximum atomic E-state index is 12.8. The molecule has 19 heavy (non-hydrogen) atoms. The Balaban J connectivity index is 2.39. The lowest BCUT2D eigenvalue weighted by Crippen LogP contribution is -2.45. The zero-order chi connectivity index (χ0) is 14.3. The number of methoxy groups -OCH3 is 1. The Morgan fingerprint density at radius 2 is 2.05 bits per heavy atom. The van der Waals surface area contributed by atoms with Gasteiger partial charge in [-0.15, -0.1) is 0 Å². The van der Waals surface area contributed by atoms with Crippen molar-refractivity contribution in [3.8, 4) is 0 Å². The van der Waals surface area contributed by atoms with E-state index in [-0.39, 0.29) is 17.8 Å². The molecule has 106 valence electrons. The van der Waals surface area contributed by atoms with Crippen molar-refractivity contribution in [1.29, 1.82) is 0 Å². The first-order chi connectivity index (χ1) is 9.02. The van der Waals surface area contributed by atoms with Gasteiger partial charge in [-0.2, -0.15) is 0 Å². The fourth-order valence-corrected chi connectivity index (χ4v) is 1.75. The van der Waals surface area contributed by atoms with Gasteiger partial charge in [-0.05, 0) is 37.5 Å². The summed E-state index contributed by atoms with van der Waals surface area (Å²) in [6.07, 6.45) is 1.13. The van der Waals surface area contributed by atoms with E-state index in [0.717, 1.165) is 5.56 Å². The number of nitrogens with one attached hydrogen (secondary N) is 1. The highest BCUT2D eigenvalue weighted by Gasteiger charge is 2.15. The van der Waals surface area contributed by atoms with Crippen LogP contribution in [-0.2, 0) is 16.0 Å². The molecular weight excluding hydrogens is 247 g/mol. The van der Waals surface area contributed by atoms with Crippen molar-refractivity contribution in [2.24, 2.45) is 5.73 Å². The number of hydrogen-bond acceptors (Lipinski definition) is 3. The molecule has 2 unspecified atom stereocenters. The molecule has 2 atom stereocenters. The highest BCUT2D eigenvalue weighted by atomic mass is 19.1. The summed E-state index contributed by atoms with van der Waals surface area (Å²) in [5, 5.41) is 2.84. The lowest BCUT2D eigenvalue weighted by molar-refractivity contribution is -0.123. The van der Waals surface area contributed by atoms with Crippen LogP contribution in [-0.4, -0.2) is 31.7 Å². The van der Waals surface area contributed by atoms with Crippen molar-refractivity contribution >= 4 is 5.91 Å². The molecule has 3 N–H and O–H groups in total.